The Morgan fingerprint density at radius 2 is 1.72 bits per heavy atom. The van der Waals surface area contributed by atoms with E-state index in [1.54, 1.807) is 18.2 Å². The Morgan fingerprint density at radius 3 is 2.36 bits per heavy atom. The molecule has 0 aromatic heterocycles. The van der Waals surface area contributed by atoms with Crippen LogP contribution in [0.2, 0.25) is 5.02 Å². The molecule has 2 amide bonds. The summed E-state index contributed by atoms with van der Waals surface area (Å²) >= 11 is 7.47. The van der Waals surface area contributed by atoms with Crippen LogP contribution >= 0.6 is 23.4 Å². The van der Waals surface area contributed by atoms with E-state index in [1.807, 2.05) is 13.0 Å². The van der Waals surface area contributed by atoms with Gasteiger partial charge in [-0.1, -0.05) is 48.9 Å². The summed E-state index contributed by atoms with van der Waals surface area (Å²) < 4.78 is 13.2. The third-order valence-electron chi connectivity index (χ3n) is 3.83. The quantitative estimate of drug-likeness (QED) is 0.721. The molecule has 0 fully saturated rings. The number of amides is 2. The van der Waals surface area contributed by atoms with Crippen molar-refractivity contribution < 1.29 is 14.0 Å². The van der Waals surface area contributed by atoms with Crippen molar-refractivity contribution in [3.05, 3.63) is 75.4 Å². The highest BCUT2D eigenvalue weighted by Gasteiger charge is 2.39. The number of thioether (sulfide) groups is 1. The molecule has 0 atom stereocenters. The summed E-state index contributed by atoms with van der Waals surface area (Å²) in [5, 5.41) is 0.503. The molecule has 1 aliphatic rings. The fraction of sp³-hybridized carbons (Fsp3) is 0.158. The average Bonchev–Trinajstić information content (AvgIpc) is 2.83. The van der Waals surface area contributed by atoms with Crippen LogP contribution in [0.4, 0.5) is 4.39 Å². The molecule has 6 heteroatoms. The molecule has 2 aromatic rings. The van der Waals surface area contributed by atoms with Gasteiger partial charge in [-0.25, -0.2) is 4.39 Å². The summed E-state index contributed by atoms with van der Waals surface area (Å²) in [5.74, 6) is -0.457. The average molecular weight is 376 g/mol. The van der Waals surface area contributed by atoms with Gasteiger partial charge in [-0.15, -0.1) is 11.8 Å². The van der Waals surface area contributed by atoms with Gasteiger partial charge < -0.3 is 0 Å². The molecule has 0 spiro atoms. The first kappa shape index (κ1) is 17.7. The van der Waals surface area contributed by atoms with E-state index in [9.17, 15) is 14.0 Å². The van der Waals surface area contributed by atoms with Gasteiger partial charge in [0.15, 0.2) is 0 Å². The summed E-state index contributed by atoms with van der Waals surface area (Å²) in [7, 11) is 0. The monoisotopic (exact) mass is 375 g/mol. The molecule has 0 unspecified atom stereocenters. The van der Waals surface area contributed by atoms with Crippen LogP contribution in [0.5, 0.6) is 0 Å². The van der Waals surface area contributed by atoms with E-state index in [0.717, 1.165) is 0 Å². The molecule has 2 aromatic carbocycles. The SMILES string of the molecule is CCSC1=C(c2ccc(F)cc2)C(=O)N(Cc2ccccc2Cl)C1=O. The second-order valence-corrected chi connectivity index (χ2v) is 7.11. The molecule has 0 aliphatic carbocycles. The maximum Gasteiger partial charge on any atom is 0.268 e. The topological polar surface area (TPSA) is 37.4 Å². The van der Waals surface area contributed by atoms with Crippen molar-refractivity contribution in [2.24, 2.45) is 0 Å². The van der Waals surface area contributed by atoms with Gasteiger partial charge in [0.1, 0.15) is 5.82 Å². The lowest BCUT2D eigenvalue weighted by Gasteiger charge is -2.16. The van der Waals surface area contributed by atoms with E-state index in [2.05, 4.69) is 0 Å². The fourth-order valence-electron chi connectivity index (χ4n) is 2.64. The fourth-order valence-corrected chi connectivity index (χ4v) is 3.71. The van der Waals surface area contributed by atoms with E-state index < -0.39 is 5.82 Å². The number of imide groups is 1. The predicted octanol–water partition coefficient (Wildman–Crippen LogP) is 4.51. The van der Waals surface area contributed by atoms with E-state index >= 15 is 0 Å². The van der Waals surface area contributed by atoms with Crippen molar-refractivity contribution in [1.82, 2.24) is 4.90 Å². The molecule has 1 heterocycles. The van der Waals surface area contributed by atoms with Gasteiger partial charge in [0.2, 0.25) is 0 Å². The molecule has 25 heavy (non-hydrogen) atoms. The van der Waals surface area contributed by atoms with Crippen molar-refractivity contribution in [3.63, 3.8) is 0 Å². The van der Waals surface area contributed by atoms with Crippen molar-refractivity contribution in [2.45, 2.75) is 13.5 Å². The first-order chi connectivity index (χ1) is 12.0. The van der Waals surface area contributed by atoms with Gasteiger partial charge >= 0.3 is 0 Å². The van der Waals surface area contributed by atoms with Gasteiger partial charge in [0.25, 0.3) is 11.8 Å². The van der Waals surface area contributed by atoms with Gasteiger partial charge in [-0.2, -0.15) is 0 Å². The Hall–Kier alpha value is -2.11. The van der Waals surface area contributed by atoms with Crippen molar-refractivity contribution in [2.75, 3.05) is 5.75 Å². The van der Waals surface area contributed by atoms with E-state index in [1.165, 1.54) is 40.9 Å². The lowest BCUT2D eigenvalue weighted by atomic mass is 10.1. The van der Waals surface area contributed by atoms with E-state index in [4.69, 9.17) is 11.6 Å². The third kappa shape index (κ3) is 3.48. The zero-order valence-electron chi connectivity index (χ0n) is 13.5. The molecule has 0 radical (unpaired) electrons. The van der Waals surface area contributed by atoms with Gasteiger partial charge in [-0.3, -0.25) is 14.5 Å². The lowest BCUT2D eigenvalue weighted by Crippen LogP contribution is -2.31. The molecular formula is C19H15ClFNO2S. The standard InChI is InChI=1S/C19H15ClFNO2S/c1-2-25-17-16(12-7-9-14(21)10-8-12)18(23)22(19(17)24)11-13-5-3-4-6-15(13)20/h3-10H,2,11H2,1H3. The molecule has 3 nitrogen and oxygen atoms in total. The summed E-state index contributed by atoms with van der Waals surface area (Å²) in [6.07, 6.45) is 0. The largest absolute Gasteiger partial charge is 0.269 e. The second-order valence-electron chi connectivity index (χ2n) is 5.43. The van der Waals surface area contributed by atoms with Crippen molar-refractivity contribution >= 4 is 40.8 Å². The number of benzene rings is 2. The summed E-state index contributed by atoms with van der Waals surface area (Å²) in [6.45, 7) is 2.02. The van der Waals surface area contributed by atoms with Crippen LogP contribution in [0.3, 0.4) is 0 Å². The maximum absolute atomic E-state index is 13.2. The normalized spacial score (nSPS) is 14.6. The highest BCUT2D eigenvalue weighted by Crippen LogP contribution is 2.37. The molecule has 0 N–H and O–H groups in total. The lowest BCUT2D eigenvalue weighted by molar-refractivity contribution is -0.137. The van der Waals surface area contributed by atoms with Crippen LogP contribution < -0.4 is 0 Å². The Kier molecular flexibility index (Phi) is 5.25. The summed E-state index contributed by atoms with van der Waals surface area (Å²) in [5.41, 5.74) is 1.56. The van der Waals surface area contributed by atoms with Crippen LogP contribution in [0.25, 0.3) is 5.57 Å². The zero-order valence-corrected chi connectivity index (χ0v) is 15.0. The number of nitrogens with zero attached hydrogens (tertiary/aromatic N) is 1. The van der Waals surface area contributed by atoms with E-state index in [0.29, 0.717) is 32.4 Å². The Labute approximate surface area is 154 Å². The van der Waals surface area contributed by atoms with E-state index in [-0.39, 0.29) is 18.4 Å². The van der Waals surface area contributed by atoms with Gasteiger partial charge in [-0.05, 0) is 35.1 Å². The smallest absolute Gasteiger partial charge is 0.268 e. The van der Waals surface area contributed by atoms with Crippen LogP contribution in [0.1, 0.15) is 18.1 Å². The first-order valence-electron chi connectivity index (χ1n) is 7.75. The molecule has 128 valence electrons. The molecule has 0 bridgehead atoms. The highest BCUT2D eigenvalue weighted by atomic mass is 35.5. The molecule has 3 rings (SSSR count). The summed E-state index contributed by atoms with van der Waals surface area (Å²) in [4.78, 5) is 27.3. The minimum atomic E-state index is -0.390. The molecule has 1 aliphatic heterocycles. The predicted molar refractivity (Wildman–Crippen MR) is 98.5 cm³/mol. The van der Waals surface area contributed by atoms with Crippen LogP contribution in [-0.4, -0.2) is 22.5 Å². The molecule has 0 saturated heterocycles. The third-order valence-corrected chi connectivity index (χ3v) is 5.16. The van der Waals surface area contributed by atoms with Gasteiger partial charge in [0, 0.05) is 5.02 Å². The minimum absolute atomic E-state index is 0.107. The van der Waals surface area contributed by atoms with Crippen LogP contribution in [0.15, 0.2) is 53.4 Å². The Morgan fingerprint density at radius 1 is 1.04 bits per heavy atom. The number of halogens is 2. The number of rotatable bonds is 5. The minimum Gasteiger partial charge on any atom is -0.269 e. The maximum atomic E-state index is 13.2. The van der Waals surface area contributed by atoms with Crippen molar-refractivity contribution in [3.8, 4) is 0 Å². The van der Waals surface area contributed by atoms with Gasteiger partial charge in [0.05, 0.1) is 17.0 Å². The van der Waals surface area contributed by atoms with Crippen LogP contribution in [0, 0.1) is 5.82 Å². The first-order valence-corrected chi connectivity index (χ1v) is 9.12. The number of carbonyl (C=O) groups is 2. The summed E-state index contributed by atoms with van der Waals surface area (Å²) in [6, 6.07) is 12.7. The number of hydrogen-bond acceptors (Lipinski definition) is 3. The zero-order chi connectivity index (χ0) is 18.0. The highest BCUT2D eigenvalue weighted by molar-refractivity contribution is 8.04. The second kappa shape index (κ2) is 7.42. The Bertz CT molecular complexity index is 864. The molecular weight excluding hydrogens is 361 g/mol. The molecule has 0 saturated carbocycles. The Balaban J connectivity index is 1.98. The van der Waals surface area contributed by atoms with Crippen LogP contribution in [-0.2, 0) is 16.1 Å². The number of hydrogen-bond donors (Lipinski definition) is 0. The number of carbonyl (C=O) groups excluding carboxylic acids is 2. The van der Waals surface area contributed by atoms with Crippen molar-refractivity contribution in [1.29, 1.82) is 0 Å².